The second-order valence-corrected chi connectivity index (χ2v) is 15.6. The van der Waals surface area contributed by atoms with E-state index in [2.05, 4.69) is 28.7 Å². The maximum absolute atomic E-state index is 17.6. The number of aromatic nitrogens is 3. The number of ether oxygens (including phenoxy) is 2. The Kier molecular flexibility index (Phi) is 10.1. The van der Waals surface area contributed by atoms with Gasteiger partial charge in [0, 0.05) is 61.1 Å². The maximum Gasteiger partial charge on any atom is 0.248 e. The predicted octanol–water partition coefficient (Wildman–Crippen LogP) is 10.2. The lowest BCUT2D eigenvalue weighted by Crippen LogP contribution is -2.36. The van der Waals surface area contributed by atoms with Gasteiger partial charge in [0.05, 0.1) is 25.5 Å². The van der Waals surface area contributed by atoms with Crippen molar-refractivity contribution in [1.29, 1.82) is 0 Å². The summed E-state index contributed by atoms with van der Waals surface area (Å²) in [5, 5.41) is 0. The van der Waals surface area contributed by atoms with Gasteiger partial charge in [-0.05, 0) is 91.7 Å². The Morgan fingerprint density at radius 3 is 2.20 bits per heavy atom. The normalized spacial score (nSPS) is 21.2. The summed E-state index contributed by atoms with van der Waals surface area (Å²) in [4.78, 5) is 16.6. The minimum Gasteiger partial charge on any atom is -0.497 e. The summed E-state index contributed by atoms with van der Waals surface area (Å²) < 4.78 is 59.3. The largest absolute Gasteiger partial charge is 0.497 e. The number of piperidine rings is 1. The first-order valence-electron chi connectivity index (χ1n) is 18.4. The zero-order chi connectivity index (χ0) is 35.8. The standard InChI is InChI=1S/C42H49F3N4O2/c1-27-6-10-30(11-7-27)38(43)37-35(29-14-18-42(44,45)19-15-29)36-33(48-39(37)31-16-22-49(23-17-31)40-46-20-5-21-47-40)24-41(2,3)25-34(36)51-26-28-8-12-32(50-4)13-9-28/h5-13,20-21,29,31,34,38H,14-19,22-26H2,1-4H3/t34-,38-/m0/s1. The molecule has 2 aromatic heterocycles. The van der Waals surface area contributed by atoms with Gasteiger partial charge in [0.25, 0.3) is 0 Å². The Morgan fingerprint density at radius 2 is 1.55 bits per heavy atom. The number of pyridine rings is 1. The highest BCUT2D eigenvalue weighted by atomic mass is 19.3. The molecule has 0 unspecified atom stereocenters. The van der Waals surface area contributed by atoms with Gasteiger partial charge in [0.2, 0.25) is 11.9 Å². The van der Waals surface area contributed by atoms with Gasteiger partial charge in [0.1, 0.15) is 5.75 Å². The number of aryl methyl sites for hydroxylation is 1. The van der Waals surface area contributed by atoms with E-state index in [1.807, 2.05) is 61.5 Å². The zero-order valence-electron chi connectivity index (χ0n) is 30.2. The third kappa shape index (κ3) is 7.79. The van der Waals surface area contributed by atoms with Crippen LogP contribution in [0.3, 0.4) is 0 Å². The molecule has 0 amide bonds. The number of rotatable bonds is 9. The van der Waals surface area contributed by atoms with Crippen molar-refractivity contribution >= 4 is 5.95 Å². The average Bonchev–Trinajstić information content (AvgIpc) is 3.13. The van der Waals surface area contributed by atoms with Crippen LogP contribution in [0.2, 0.25) is 0 Å². The first-order valence-corrected chi connectivity index (χ1v) is 18.4. The molecule has 3 aliphatic rings. The number of hydrogen-bond acceptors (Lipinski definition) is 6. The molecular formula is C42H49F3N4O2. The number of nitrogens with zero attached hydrogens (tertiary/aromatic N) is 4. The molecule has 0 radical (unpaired) electrons. The van der Waals surface area contributed by atoms with Crippen molar-refractivity contribution in [1.82, 2.24) is 15.0 Å². The lowest BCUT2D eigenvalue weighted by molar-refractivity contribution is -0.0390. The zero-order valence-corrected chi connectivity index (χ0v) is 30.2. The SMILES string of the molecule is COc1ccc(CO[C@H]2CC(C)(C)Cc3nc(C4CCN(c5ncccn5)CC4)c([C@@H](F)c4ccc(C)cc4)c(C4CCC(F)(F)CC4)c32)cc1. The molecular weight excluding hydrogens is 649 g/mol. The molecule has 2 aliphatic carbocycles. The molecule has 2 atom stereocenters. The second kappa shape index (κ2) is 14.6. The number of anilines is 1. The first-order chi connectivity index (χ1) is 24.5. The van der Waals surface area contributed by atoms with Crippen LogP contribution >= 0.6 is 0 Å². The van der Waals surface area contributed by atoms with Gasteiger partial charge in [-0.15, -0.1) is 0 Å². The van der Waals surface area contributed by atoms with Crippen molar-refractivity contribution in [2.45, 2.75) is 109 Å². The van der Waals surface area contributed by atoms with Crippen LogP contribution in [0, 0.1) is 12.3 Å². The number of benzene rings is 2. The van der Waals surface area contributed by atoms with Crippen molar-refractivity contribution < 1.29 is 22.6 Å². The van der Waals surface area contributed by atoms with Crippen LogP contribution in [0.25, 0.3) is 0 Å². The van der Waals surface area contributed by atoms with E-state index in [0.29, 0.717) is 42.9 Å². The minimum absolute atomic E-state index is 0.00134. The van der Waals surface area contributed by atoms with Gasteiger partial charge in [-0.25, -0.2) is 23.1 Å². The monoisotopic (exact) mass is 698 g/mol. The molecule has 6 nitrogen and oxygen atoms in total. The third-order valence-electron chi connectivity index (χ3n) is 11.2. The molecule has 1 aliphatic heterocycles. The summed E-state index contributed by atoms with van der Waals surface area (Å²) in [6, 6.07) is 17.2. The number of alkyl halides is 3. The van der Waals surface area contributed by atoms with Crippen LogP contribution in [-0.4, -0.2) is 41.1 Å². The van der Waals surface area contributed by atoms with Gasteiger partial charge >= 0.3 is 0 Å². The lowest BCUT2D eigenvalue weighted by atomic mass is 9.68. The fourth-order valence-corrected chi connectivity index (χ4v) is 8.44. The second-order valence-electron chi connectivity index (χ2n) is 15.6. The highest BCUT2D eigenvalue weighted by Gasteiger charge is 2.44. The Morgan fingerprint density at radius 1 is 0.882 bits per heavy atom. The fraction of sp³-hybridized carbons (Fsp3) is 0.500. The average molecular weight is 699 g/mol. The number of halogens is 3. The number of fused-ring (bicyclic) bond motifs is 1. The van der Waals surface area contributed by atoms with Crippen LogP contribution in [-0.2, 0) is 17.8 Å². The molecule has 2 aromatic carbocycles. The Balaban J connectivity index is 1.36. The molecule has 0 spiro atoms. The summed E-state index contributed by atoms with van der Waals surface area (Å²) in [5.74, 6) is -1.46. The summed E-state index contributed by atoms with van der Waals surface area (Å²) in [6.45, 7) is 8.27. The van der Waals surface area contributed by atoms with Gasteiger partial charge in [-0.2, -0.15) is 0 Å². The van der Waals surface area contributed by atoms with E-state index in [9.17, 15) is 8.78 Å². The van der Waals surface area contributed by atoms with Crippen molar-refractivity contribution in [2.75, 3.05) is 25.1 Å². The summed E-state index contributed by atoms with van der Waals surface area (Å²) in [6.07, 6.45) is 4.85. The van der Waals surface area contributed by atoms with E-state index in [1.54, 1.807) is 19.5 Å². The van der Waals surface area contributed by atoms with Crippen LogP contribution < -0.4 is 9.64 Å². The highest BCUT2D eigenvalue weighted by Crippen LogP contribution is 2.53. The van der Waals surface area contributed by atoms with Crippen LogP contribution in [0.4, 0.5) is 19.1 Å². The molecule has 3 heterocycles. The fourth-order valence-electron chi connectivity index (χ4n) is 8.44. The van der Waals surface area contributed by atoms with E-state index < -0.39 is 12.1 Å². The Labute approximate surface area is 299 Å². The molecule has 4 aromatic rings. The van der Waals surface area contributed by atoms with E-state index >= 15 is 4.39 Å². The minimum atomic E-state index is -2.71. The van der Waals surface area contributed by atoms with E-state index in [1.165, 1.54) is 0 Å². The van der Waals surface area contributed by atoms with Crippen molar-refractivity contribution in [3.8, 4) is 5.75 Å². The van der Waals surface area contributed by atoms with Gasteiger partial charge in [-0.3, -0.25) is 4.98 Å². The molecule has 0 N–H and O–H groups in total. The van der Waals surface area contributed by atoms with Crippen molar-refractivity contribution in [2.24, 2.45) is 5.41 Å². The maximum atomic E-state index is 17.6. The molecule has 0 bridgehead atoms. The van der Waals surface area contributed by atoms with E-state index in [-0.39, 0.29) is 36.2 Å². The Hall–Kier alpha value is -3.98. The van der Waals surface area contributed by atoms with Gasteiger partial charge in [-0.1, -0.05) is 55.8 Å². The van der Waals surface area contributed by atoms with Crippen LogP contribution in [0.1, 0.15) is 128 Å². The predicted molar refractivity (Wildman–Crippen MR) is 193 cm³/mol. The highest BCUT2D eigenvalue weighted by molar-refractivity contribution is 5.51. The quantitative estimate of drug-likeness (QED) is 0.173. The molecule has 2 fully saturated rings. The molecule has 1 saturated heterocycles. The molecule has 270 valence electrons. The van der Waals surface area contributed by atoms with Gasteiger partial charge < -0.3 is 14.4 Å². The van der Waals surface area contributed by atoms with Crippen LogP contribution in [0.5, 0.6) is 5.75 Å². The number of hydrogen-bond donors (Lipinski definition) is 0. The molecule has 1 saturated carbocycles. The number of methoxy groups -OCH3 is 1. The summed E-state index contributed by atoms with van der Waals surface area (Å²) in [5.41, 5.74) is 6.60. The van der Waals surface area contributed by atoms with E-state index in [4.69, 9.17) is 14.5 Å². The van der Waals surface area contributed by atoms with Gasteiger partial charge in [0.15, 0.2) is 6.17 Å². The molecule has 9 heteroatoms. The Bertz CT molecular complexity index is 1780. The summed E-state index contributed by atoms with van der Waals surface area (Å²) in [7, 11) is 1.64. The lowest BCUT2D eigenvalue weighted by Gasteiger charge is -2.42. The van der Waals surface area contributed by atoms with Crippen molar-refractivity contribution in [3.63, 3.8) is 0 Å². The molecule has 51 heavy (non-hydrogen) atoms. The smallest absolute Gasteiger partial charge is 0.248 e. The molecule has 7 rings (SSSR count). The van der Waals surface area contributed by atoms with Crippen LogP contribution in [0.15, 0.2) is 67.0 Å². The topological polar surface area (TPSA) is 60.4 Å². The first kappa shape index (κ1) is 35.4. The van der Waals surface area contributed by atoms with Crippen molar-refractivity contribution in [3.05, 3.63) is 112 Å². The third-order valence-corrected chi connectivity index (χ3v) is 11.2. The van der Waals surface area contributed by atoms with E-state index in [0.717, 1.165) is 71.7 Å². The summed E-state index contributed by atoms with van der Waals surface area (Å²) >= 11 is 0.